The summed E-state index contributed by atoms with van der Waals surface area (Å²) in [5, 5.41) is 10.4. The van der Waals surface area contributed by atoms with Crippen molar-refractivity contribution < 1.29 is 5.11 Å². The molecule has 2 heteroatoms. The Balaban J connectivity index is 0. The molecule has 0 aliphatic heterocycles. The molecule has 0 aromatic rings. The highest BCUT2D eigenvalue weighted by molar-refractivity contribution is 5.75. The maximum Gasteiger partial charge on any atom is 0.187 e. The maximum absolute atomic E-state index is 10.4. The van der Waals surface area contributed by atoms with Gasteiger partial charge in [-0.2, -0.15) is 0 Å². The lowest BCUT2D eigenvalue weighted by atomic mass is 9.81. The molecule has 0 aromatic carbocycles. The molecule has 0 aromatic heterocycles. The number of hydrogen-bond acceptors (Lipinski definition) is 1. The molecule has 0 fully saturated rings. The Morgan fingerprint density at radius 2 is 1.36 bits per heavy atom. The lowest BCUT2D eigenvalue weighted by Crippen LogP contribution is -2.34. The Bertz CT molecular complexity index is 115. The van der Waals surface area contributed by atoms with E-state index in [9.17, 15) is 5.11 Å². The first-order chi connectivity index (χ1) is 6.06. The number of unbranched alkanes of at least 4 members (excludes halogenated alkanes) is 2. The van der Waals surface area contributed by atoms with Crippen molar-refractivity contribution in [1.29, 1.82) is 0 Å². The van der Waals surface area contributed by atoms with Crippen molar-refractivity contribution >= 4 is 17.4 Å². The SMILES string of the molecule is CCCCC(O)(CCCC)C(C)C.[AlH3]. The van der Waals surface area contributed by atoms with Crippen LogP contribution < -0.4 is 0 Å². The first-order valence-electron chi connectivity index (χ1n) is 5.79. The lowest BCUT2D eigenvalue weighted by Gasteiger charge is -2.32. The Kier molecular flexibility index (Phi) is 10.6. The van der Waals surface area contributed by atoms with Gasteiger partial charge in [0.1, 0.15) is 0 Å². The van der Waals surface area contributed by atoms with Crippen LogP contribution in [0.3, 0.4) is 0 Å². The maximum atomic E-state index is 10.4. The molecule has 0 saturated heterocycles. The van der Waals surface area contributed by atoms with Gasteiger partial charge in [-0.3, -0.25) is 0 Å². The fraction of sp³-hybridized carbons (Fsp3) is 1.00. The number of aliphatic hydroxyl groups is 1. The van der Waals surface area contributed by atoms with Crippen LogP contribution in [0.5, 0.6) is 0 Å². The van der Waals surface area contributed by atoms with Crippen LogP contribution >= 0.6 is 0 Å². The molecule has 0 amide bonds. The summed E-state index contributed by atoms with van der Waals surface area (Å²) in [6, 6.07) is 0. The number of rotatable bonds is 7. The van der Waals surface area contributed by atoms with E-state index in [0.717, 1.165) is 25.7 Å². The van der Waals surface area contributed by atoms with Gasteiger partial charge in [0.2, 0.25) is 0 Å². The molecule has 1 N–H and O–H groups in total. The van der Waals surface area contributed by atoms with Crippen molar-refractivity contribution in [1.82, 2.24) is 0 Å². The third-order valence-electron chi connectivity index (χ3n) is 3.00. The highest BCUT2D eigenvalue weighted by Crippen LogP contribution is 2.29. The smallest absolute Gasteiger partial charge is 0.187 e. The molecule has 0 saturated carbocycles. The summed E-state index contributed by atoms with van der Waals surface area (Å²) in [6.07, 6.45) is 6.61. The minimum Gasteiger partial charge on any atom is -0.390 e. The minimum absolute atomic E-state index is 0. The molecule has 86 valence electrons. The first kappa shape index (κ1) is 16.9. The van der Waals surface area contributed by atoms with E-state index < -0.39 is 5.60 Å². The Morgan fingerprint density at radius 3 is 1.57 bits per heavy atom. The predicted octanol–water partition coefficient (Wildman–Crippen LogP) is 2.57. The summed E-state index contributed by atoms with van der Waals surface area (Å²) >= 11 is 0. The monoisotopic (exact) mass is 216 g/mol. The molecule has 0 aliphatic carbocycles. The predicted molar refractivity (Wildman–Crippen MR) is 68.8 cm³/mol. The van der Waals surface area contributed by atoms with Crippen molar-refractivity contribution in [3.63, 3.8) is 0 Å². The van der Waals surface area contributed by atoms with Crippen LogP contribution in [0.4, 0.5) is 0 Å². The van der Waals surface area contributed by atoms with Gasteiger partial charge < -0.3 is 5.11 Å². The van der Waals surface area contributed by atoms with Crippen LogP contribution in [0.15, 0.2) is 0 Å². The second kappa shape index (κ2) is 8.77. The van der Waals surface area contributed by atoms with Gasteiger partial charge >= 0.3 is 0 Å². The average Bonchev–Trinajstić information content (AvgIpc) is 2.11. The third kappa shape index (κ3) is 6.07. The van der Waals surface area contributed by atoms with Gasteiger partial charge in [-0.05, 0) is 18.8 Å². The molecule has 0 aliphatic rings. The van der Waals surface area contributed by atoms with E-state index in [0.29, 0.717) is 5.92 Å². The van der Waals surface area contributed by atoms with E-state index in [-0.39, 0.29) is 17.4 Å². The standard InChI is InChI=1S/C12H26O.Al.3H/c1-5-7-9-12(13,11(3)4)10-8-6-2;;;;/h11,13H,5-10H2,1-4H3;;;;. The molecule has 0 spiro atoms. The molecule has 14 heavy (non-hydrogen) atoms. The Hall–Kier alpha value is 0.492. The molecular weight excluding hydrogens is 187 g/mol. The van der Waals surface area contributed by atoms with Crippen LogP contribution in [-0.4, -0.2) is 28.1 Å². The minimum atomic E-state index is -0.397. The van der Waals surface area contributed by atoms with E-state index in [4.69, 9.17) is 0 Å². The first-order valence-corrected chi connectivity index (χ1v) is 5.79. The second-order valence-electron chi connectivity index (χ2n) is 4.47. The third-order valence-corrected chi connectivity index (χ3v) is 3.00. The topological polar surface area (TPSA) is 20.2 Å². The van der Waals surface area contributed by atoms with Crippen LogP contribution in [-0.2, 0) is 0 Å². The van der Waals surface area contributed by atoms with E-state index in [1.54, 1.807) is 0 Å². The fourth-order valence-electron chi connectivity index (χ4n) is 1.67. The summed E-state index contributed by atoms with van der Waals surface area (Å²) in [6.45, 7) is 8.62. The Labute approximate surface area is 100 Å². The summed E-state index contributed by atoms with van der Waals surface area (Å²) in [7, 11) is 0. The quantitative estimate of drug-likeness (QED) is 0.648. The highest BCUT2D eigenvalue weighted by Gasteiger charge is 2.28. The fourth-order valence-corrected chi connectivity index (χ4v) is 1.67. The normalized spacial score (nSPS) is 11.6. The molecular formula is C12H29AlO. The van der Waals surface area contributed by atoms with Gasteiger partial charge in [-0.1, -0.05) is 53.4 Å². The summed E-state index contributed by atoms with van der Waals surface area (Å²) in [4.78, 5) is 0. The van der Waals surface area contributed by atoms with E-state index in [1.807, 2.05) is 0 Å². The van der Waals surface area contributed by atoms with Gasteiger partial charge in [0.05, 0.1) is 5.60 Å². The van der Waals surface area contributed by atoms with Crippen molar-refractivity contribution in [2.24, 2.45) is 5.92 Å². The van der Waals surface area contributed by atoms with Crippen LogP contribution in [0, 0.1) is 5.92 Å². The van der Waals surface area contributed by atoms with Gasteiger partial charge in [-0.15, -0.1) is 0 Å². The highest BCUT2D eigenvalue weighted by atomic mass is 27.0. The molecule has 0 radical (unpaired) electrons. The van der Waals surface area contributed by atoms with E-state index >= 15 is 0 Å². The zero-order chi connectivity index (χ0) is 10.3. The van der Waals surface area contributed by atoms with Crippen molar-refractivity contribution in [2.45, 2.75) is 71.8 Å². The lowest BCUT2D eigenvalue weighted by molar-refractivity contribution is -0.0242. The molecule has 0 unspecified atom stereocenters. The zero-order valence-corrected chi connectivity index (χ0v) is 9.77. The van der Waals surface area contributed by atoms with Gasteiger partial charge in [-0.25, -0.2) is 0 Å². The largest absolute Gasteiger partial charge is 0.390 e. The van der Waals surface area contributed by atoms with Crippen LogP contribution in [0.25, 0.3) is 0 Å². The average molecular weight is 216 g/mol. The van der Waals surface area contributed by atoms with Crippen molar-refractivity contribution in [3.05, 3.63) is 0 Å². The summed E-state index contributed by atoms with van der Waals surface area (Å²) < 4.78 is 0. The van der Waals surface area contributed by atoms with Crippen molar-refractivity contribution in [2.75, 3.05) is 0 Å². The van der Waals surface area contributed by atoms with Crippen LogP contribution in [0.1, 0.15) is 66.2 Å². The zero-order valence-electron chi connectivity index (χ0n) is 9.77. The number of hydrogen-bond donors (Lipinski definition) is 1. The molecule has 0 heterocycles. The molecule has 1 nitrogen and oxygen atoms in total. The van der Waals surface area contributed by atoms with E-state index in [1.165, 1.54) is 12.8 Å². The molecule has 0 rings (SSSR count). The Morgan fingerprint density at radius 1 is 1.00 bits per heavy atom. The van der Waals surface area contributed by atoms with E-state index in [2.05, 4.69) is 27.7 Å². The molecule has 0 bridgehead atoms. The summed E-state index contributed by atoms with van der Waals surface area (Å²) in [5.74, 6) is 0.394. The van der Waals surface area contributed by atoms with Gasteiger partial charge in [0.25, 0.3) is 0 Å². The van der Waals surface area contributed by atoms with Gasteiger partial charge in [0.15, 0.2) is 17.4 Å². The molecule has 0 atom stereocenters. The summed E-state index contributed by atoms with van der Waals surface area (Å²) in [5.41, 5.74) is -0.397. The van der Waals surface area contributed by atoms with Gasteiger partial charge in [0, 0.05) is 0 Å². The van der Waals surface area contributed by atoms with Crippen molar-refractivity contribution in [3.8, 4) is 0 Å². The van der Waals surface area contributed by atoms with Crippen LogP contribution in [0.2, 0.25) is 0 Å². The second-order valence-corrected chi connectivity index (χ2v) is 4.47.